The minimum Gasteiger partial charge on any atom is -0.310 e. The van der Waals surface area contributed by atoms with E-state index in [1.807, 2.05) is 66.7 Å². The lowest BCUT2D eigenvalue weighted by atomic mass is 9.72. The molecule has 0 saturated carbocycles. The summed E-state index contributed by atoms with van der Waals surface area (Å²) in [4.78, 5) is 13.2. The Morgan fingerprint density at radius 1 is 0.492 bits per heavy atom. The molecule has 5 heteroatoms. The molecule has 8 aromatic carbocycles. The summed E-state index contributed by atoms with van der Waals surface area (Å²) in [6, 6.07) is 72.4. The molecule has 0 N–H and O–H groups in total. The van der Waals surface area contributed by atoms with Crippen LogP contribution in [-0.4, -0.2) is 14.5 Å². The van der Waals surface area contributed by atoms with Gasteiger partial charge < -0.3 is 9.47 Å². The van der Waals surface area contributed by atoms with Gasteiger partial charge in [-0.15, -0.1) is 0 Å². The number of fused-ring (bicyclic) bond motifs is 6. The highest BCUT2D eigenvalue weighted by atomic mass is 15.2. The molecule has 0 aliphatic carbocycles. The average molecular weight is 782 g/mol. The van der Waals surface area contributed by atoms with Gasteiger partial charge >= 0.3 is 0 Å². The van der Waals surface area contributed by atoms with Crippen LogP contribution in [0.1, 0.15) is 30.5 Å². The second kappa shape index (κ2) is 14.3. The summed E-state index contributed by atoms with van der Waals surface area (Å²) in [5, 5.41) is 13.1. The second-order valence-corrected chi connectivity index (χ2v) is 16.1. The normalized spacial score (nSPS) is 12.8. The Morgan fingerprint density at radius 2 is 1.05 bits per heavy atom. The fourth-order valence-corrected chi connectivity index (χ4v) is 9.43. The largest absolute Gasteiger partial charge is 0.310 e. The van der Waals surface area contributed by atoms with Gasteiger partial charge in [0.15, 0.2) is 5.82 Å². The van der Waals surface area contributed by atoms with Crippen molar-refractivity contribution in [2.24, 2.45) is 0 Å². The molecule has 11 rings (SSSR count). The van der Waals surface area contributed by atoms with Gasteiger partial charge in [0.25, 0.3) is 0 Å². The molecule has 0 saturated heterocycles. The van der Waals surface area contributed by atoms with Gasteiger partial charge in [0, 0.05) is 44.1 Å². The summed E-state index contributed by atoms with van der Waals surface area (Å²) in [7, 11) is 0. The summed E-state index contributed by atoms with van der Waals surface area (Å²) in [6.45, 7) is 4.71. The molecule has 1 aliphatic heterocycles. The maximum Gasteiger partial charge on any atom is 0.162 e. The van der Waals surface area contributed by atoms with E-state index >= 15 is 0 Å². The highest BCUT2D eigenvalue weighted by Gasteiger charge is 2.40. The Morgan fingerprint density at radius 3 is 1.70 bits per heavy atom. The molecule has 10 aromatic rings. The van der Waals surface area contributed by atoms with Crippen molar-refractivity contribution in [2.75, 3.05) is 4.90 Å². The zero-order chi connectivity index (χ0) is 41.1. The number of aromatic nitrogens is 3. The molecule has 0 radical (unpaired) electrons. The Balaban J connectivity index is 1.28. The van der Waals surface area contributed by atoms with Crippen LogP contribution in [0.3, 0.4) is 0 Å². The molecule has 1 aliphatic rings. The van der Waals surface area contributed by atoms with E-state index in [2.05, 4.69) is 163 Å². The average Bonchev–Trinajstić information content (AvgIpc) is 3.66. The monoisotopic (exact) mass is 781 g/mol. The summed E-state index contributed by atoms with van der Waals surface area (Å²) in [6.07, 6.45) is 0. The fraction of sp³-hybridized carbons (Fsp3) is 0.0536. The number of nitriles is 1. The van der Waals surface area contributed by atoms with Gasteiger partial charge in [-0.1, -0.05) is 172 Å². The Hall–Kier alpha value is -8.07. The fourth-order valence-electron chi connectivity index (χ4n) is 9.43. The van der Waals surface area contributed by atoms with Crippen molar-refractivity contribution >= 4 is 38.9 Å². The molecule has 61 heavy (non-hydrogen) atoms. The molecule has 0 bridgehead atoms. The summed E-state index contributed by atoms with van der Waals surface area (Å²) in [5.41, 5.74) is 15.0. The van der Waals surface area contributed by atoms with Gasteiger partial charge in [0.1, 0.15) is 11.6 Å². The molecular weight excluding hydrogens is 743 g/mol. The van der Waals surface area contributed by atoms with Gasteiger partial charge in [0.2, 0.25) is 0 Å². The minimum atomic E-state index is -0.390. The van der Waals surface area contributed by atoms with E-state index in [0.29, 0.717) is 22.8 Å². The minimum absolute atomic E-state index is 0.390. The topological polar surface area (TPSA) is 57.7 Å². The van der Waals surface area contributed by atoms with Crippen LogP contribution in [0, 0.1) is 11.3 Å². The molecular formula is C56H39N5. The zero-order valence-corrected chi connectivity index (χ0v) is 33.8. The van der Waals surface area contributed by atoms with Gasteiger partial charge in [-0.3, -0.25) is 0 Å². The summed E-state index contributed by atoms with van der Waals surface area (Å²) >= 11 is 0. The SMILES string of the molecule is CC1(C)c2ccccc2N(c2ccccc2)c2ccc3c4ccccc4n(-c4ccc(-c5ccccc5)cc4-c4nc(-c5ccccc5)c(C#N)c(-c5ccccc5)n4)c3c21. The van der Waals surface area contributed by atoms with E-state index in [4.69, 9.17) is 9.97 Å². The molecule has 5 nitrogen and oxygen atoms in total. The zero-order valence-electron chi connectivity index (χ0n) is 33.8. The molecule has 288 valence electrons. The Kier molecular flexibility index (Phi) is 8.47. The lowest BCUT2D eigenvalue weighted by Gasteiger charge is -2.42. The number of nitrogens with zero attached hydrogens (tertiary/aromatic N) is 5. The van der Waals surface area contributed by atoms with E-state index in [1.54, 1.807) is 0 Å². The van der Waals surface area contributed by atoms with Crippen LogP contribution >= 0.6 is 0 Å². The van der Waals surface area contributed by atoms with Gasteiger partial charge in [-0.25, -0.2) is 9.97 Å². The highest BCUT2D eigenvalue weighted by Crippen LogP contribution is 2.55. The quantitative estimate of drug-likeness (QED) is 0.169. The first-order valence-electron chi connectivity index (χ1n) is 20.7. The van der Waals surface area contributed by atoms with Crippen molar-refractivity contribution in [3.8, 4) is 56.8 Å². The third kappa shape index (κ3) is 5.76. The molecule has 0 unspecified atom stereocenters. The van der Waals surface area contributed by atoms with Crippen LogP contribution < -0.4 is 4.90 Å². The molecule has 2 aromatic heterocycles. The predicted octanol–water partition coefficient (Wildman–Crippen LogP) is 14.2. The second-order valence-electron chi connectivity index (χ2n) is 16.1. The summed E-state index contributed by atoms with van der Waals surface area (Å²) < 4.78 is 2.44. The first-order valence-corrected chi connectivity index (χ1v) is 20.7. The van der Waals surface area contributed by atoms with Crippen molar-refractivity contribution in [3.63, 3.8) is 0 Å². The van der Waals surface area contributed by atoms with Crippen LogP contribution in [0.15, 0.2) is 200 Å². The van der Waals surface area contributed by atoms with Gasteiger partial charge in [-0.05, 0) is 59.2 Å². The van der Waals surface area contributed by atoms with Gasteiger partial charge in [0.05, 0.1) is 39.5 Å². The number of hydrogen-bond donors (Lipinski definition) is 0. The Bertz CT molecular complexity index is 3270. The van der Waals surface area contributed by atoms with E-state index in [-0.39, 0.29) is 5.41 Å². The number of benzene rings is 8. The maximum atomic E-state index is 10.8. The number of hydrogen-bond acceptors (Lipinski definition) is 4. The van der Waals surface area contributed by atoms with E-state index in [0.717, 1.165) is 61.3 Å². The number of anilines is 3. The van der Waals surface area contributed by atoms with Crippen molar-refractivity contribution in [1.82, 2.24) is 14.5 Å². The predicted molar refractivity (Wildman–Crippen MR) is 250 cm³/mol. The molecule has 0 fully saturated rings. The standard InChI is InChI=1S/C56H39N5/c1-56(2)46-28-16-18-30-49(46)60(41-25-13-6-14-26-41)50-34-32-43-42-27-15-17-29-47(42)61(54(43)51(50)56)48-33-31-40(37-19-7-3-8-20-37)35-44(48)55-58-52(38-21-9-4-10-22-38)45(36-57)53(59-55)39-23-11-5-12-24-39/h3-35H,1-2H3. The van der Waals surface area contributed by atoms with Crippen LogP contribution in [0.2, 0.25) is 0 Å². The lowest BCUT2D eigenvalue weighted by molar-refractivity contribution is 0.636. The van der Waals surface area contributed by atoms with E-state index in [9.17, 15) is 5.26 Å². The Labute approximate surface area is 355 Å². The van der Waals surface area contributed by atoms with Crippen molar-refractivity contribution in [3.05, 3.63) is 217 Å². The highest BCUT2D eigenvalue weighted by molar-refractivity contribution is 6.13. The van der Waals surface area contributed by atoms with Crippen LogP contribution in [-0.2, 0) is 5.41 Å². The maximum absolute atomic E-state index is 10.8. The van der Waals surface area contributed by atoms with Crippen LogP contribution in [0.25, 0.3) is 72.5 Å². The number of para-hydroxylation sites is 3. The smallest absolute Gasteiger partial charge is 0.162 e. The van der Waals surface area contributed by atoms with Gasteiger partial charge in [-0.2, -0.15) is 5.26 Å². The molecule has 0 spiro atoms. The lowest BCUT2D eigenvalue weighted by Crippen LogP contribution is -2.31. The van der Waals surface area contributed by atoms with Crippen molar-refractivity contribution < 1.29 is 0 Å². The summed E-state index contributed by atoms with van der Waals surface area (Å²) in [5.74, 6) is 0.538. The first-order chi connectivity index (χ1) is 30.0. The van der Waals surface area contributed by atoms with Crippen molar-refractivity contribution in [2.45, 2.75) is 19.3 Å². The molecule has 0 atom stereocenters. The molecule has 0 amide bonds. The van der Waals surface area contributed by atoms with Crippen molar-refractivity contribution in [1.29, 1.82) is 5.26 Å². The third-order valence-corrected chi connectivity index (χ3v) is 12.2. The van der Waals surface area contributed by atoms with Crippen LogP contribution in [0.5, 0.6) is 0 Å². The van der Waals surface area contributed by atoms with E-state index < -0.39 is 0 Å². The van der Waals surface area contributed by atoms with E-state index in [1.165, 1.54) is 22.2 Å². The molecule has 3 heterocycles. The van der Waals surface area contributed by atoms with Crippen LogP contribution in [0.4, 0.5) is 17.1 Å². The third-order valence-electron chi connectivity index (χ3n) is 12.2. The number of rotatable bonds is 6. The first kappa shape index (κ1) is 36.0.